The molecule has 3 atom stereocenters. The molecular weight excluding hydrogens is 556 g/mol. The van der Waals surface area contributed by atoms with Crippen LogP contribution in [0.25, 0.3) is 0 Å². The zero-order valence-electron chi connectivity index (χ0n) is 24.4. The van der Waals surface area contributed by atoms with E-state index in [1.165, 1.54) is 4.31 Å². The second kappa shape index (κ2) is 13.4. The molecule has 1 fully saturated rings. The molecule has 5 rings (SSSR count). The van der Waals surface area contributed by atoms with Crippen LogP contribution < -0.4 is 14.4 Å². The number of aryl methyl sites for hydroxylation is 1. The third-order valence-corrected chi connectivity index (χ3v) is 9.82. The van der Waals surface area contributed by atoms with E-state index in [0.717, 1.165) is 47.6 Å². The number of anilines is 1. The van der Waals surface area contributed by atoms with E-state index >= 15 is 0 Å². The molecule has 9 nitrogen and oxygen atoms in total. The lowest BCUT2D eigenvalue weighted by atomic mass is 9.85. The van der Waals surface area contributed by atoms with E-state index in [2.05, 4.69) is 11.0 Å². The number of sulfonamides is 1. The molecule has 2 aliphatic rings. The van der Waals surface area contributed by atoms with Crippen molar-refractivity contribution in [1.82, 2.24) is 4.31 Å². The lowest BCUT2D eigenvalue weighted by molar-refractivity contribution is -0.0534. The molecule has 0 saturated carbocycles. The number of hydrogen-bond donors (Lipinski definition) is 1. The van der Waals surface area contributed by atoms with Crippen LogP contribution in [0, 0.1) is 6.92 Å². The summed E-state index contributed by atoms with van der Waals surface area (Å²) >= 11 is 0. The summed E-state index contributed by atoms with van der Waals surface area (Å²) in [6.45, 7) is 5.22. The number of hydrogen-bond acceptors (Lipinski definition) is 8. The summed E-state index contributed by atoms with van der Waals surface area (Å²) in [5, 5.41) is 11.4. The number of aliphatic hydroxyl groups excluding tert-OH is 1. The van der Waals surface area contributed by atoms with Crippen LogP contribution in [0.3, 0.4) is 0 Å². The predicted molar refractivity (Wildman–Crippen MR) is 161 cm³/mol. The highest BCUT2D eigenvalue weighted by Gasteiger charge is 2.42. The van der Waals surface area contributed by atoms with Crippen molar-refractivity contribution in [3.05, 3.63) is 83.4 Å². The first-order valence-electron chi connectivity index (χ1n) is 14.3. The molecule has 0 aliphatic carbocycles. The number of methoxy groups -OCH3 is 2. The number of fused-ring (bicyclic) bond motifs is 1. The Kier molecular flexibility index (Phi) is 9.70. The zero-order valence-corrected chi connectivity index (χ0v) is 25.3. The fourth-order valence-corrected chi connectivity index (χ4v) is 7.15. The number of benzene rings is 3. The Hall–Kier alpha value is -3.15. The molecule has 0 spiro atoms. The average Bonchev–Trinajstić information content (AvgIpc) is 3.00. The Balaban J connectivity index is 1.39. The second-order valence-corrected chi connectivity index (χ2v) is 12.8. The van der Waals surface area contributed by atoms with Crippen molar-refractivity contribution in [2.75, 3.05) is 58.5 Å². The van der Waals surface area contributed by atoms with Crippen LogP contribution >= 0.6 is 0 Å². The molecule has 1 saturated heterocycles. The molecule has 0 bridgehead atoms. The third-order valence-electron chi connectivity index (χ3n) is 7.97. The third kappa shape index (κ3) is 6.74. The lowest BCUT2D eigenvalue weighted by Gasteiger charge is -2.41. The van der Waals surface area contributed by atoms with Gasteiger partial charge in [-0.15, -0.1) is 0 Å². The Bertz CT molecular complexity index is 1430. The normalized spacial score (nSPS) is 21.0. The van der Waals surface area contributed by atoms with Gasteiger partial charge in [-0.2, -0.15) is 4.31 Å². The van der Waals surface area contributed by atoms with Gasteiger partial charge in [0, 0.05) is 39.3 Å². The first-order valence-corrected chi connectivity index (χ1v) is 15.7. The van der Waals surface area contributed by atoms with Crippen molar-refractivity contribution >= 4 is 15.7 Å². The van der Waals surface area contributed by atoms with Crippen LogP contribution in [-0.4, -0.2) is 83.6 Å². The van der Waals surface area contributed by atoms with E-state index in [1.54, 1.807) is 38.5 Å². The van der Waals surface area contributed by atoms with Crippen LogP contribution in [0.4, 0.5) is 5.69 Å². The van der Waals surface area contributed by atoms with Gasteiger partial charge in [-0.1, -0.05) is 35.9 Å². The van der Waals surface area contributed by atoms with E-state index in [1.807, 2.05) is 43.3 Å². The summed E-state index contributed by atoms with van der Waals surface area (Å²) in [7, 11) is -0.525. The largest absolute Gasteiger partial charge is 0.497 e. The molecule has 3 aromatic carbocycles. The van der Waals surface area contributed by atoms with Gasteiger partial charge in [0.05, 0.1) is 43.1 Å². The minimum atomic E-state index is -3.83. The first-order chi connectivity index (χ1) is 20.3. The summed E-state index contributed by atoms with van der Waals surface area (Å²) in [4.78, 5) is 2.49. The fraction of sp³-hybridized carbons (Fsp3) is 0.438. The molecule has 42 heavy (non-hydrogen) atoms. The summed E-state index contributed by atoms with van der Waals surface area (Å²) in [5.74, 6) is 1.12. The zero-order chi connectivity index (χ0) is 29.7. The van der Waals surface area contributed by atoms with Gasteiger partial charge in [0.15, 0.2) is 0 Å². The van der Waals surface area contributed by atoms with Crippen LogP contribution in [0.15, 0.2) is 71.6 Å². The monoisotopic (exact) mass is 596 g/mol. The van der Waals surface area contributed by atoms with Gasteiger partial charge in [0.2, 0.25) is 10.0 Å². The van der Waals surface area contributed by atoms with Gasteiger partial charge < -0.3 is 29.0 Å². The van der Waals surface area contributed by atoms with E-state index in [-0.39, 0.29) is 24.6 Å². The van der Waals surface area contributed by atoms with E-state index in [9.17, 15) is 13.5 Å². The highest BCUT2D eigenvalue weighted by molar-refractivity contribution is 7.89. The van der Waals surface area contributed by atoms with Gasteiger partial charge in [0.25, 0.3) is 0 Å². The van der Waals surface area contributed by atoms with E-state index in [4.69, 9.17) is 18.9 Å². The van der Waals surface area contributed by atoms with Gasteiger partial charge in [-0.25, -0.2) is 8.42 Å². The van der Waals surface area contributed by atoms with Crippen LogP contribution in [0.5, 0.6) is 11.5 Å². The number of β-amino-alcohol motifs (C(OH)–C–C–N with tert-alkyl or cyclic N) is 1. The second-order valence-electron chi connectivity index (χ2n) is 10.8. The molecule has 2 aliphatic heterocycles. The van der Waals surface area contributed by atoms with Crippen LogP contribution in [0.2, 0.25) is 0 Å². The molecular formula is C32H40N2O7S. The number of ether oxygens (including phenoxy) is 4. The molecule has 1 N–H and O–H groups in total. The highest BCUT2D eigenvalue weighted by Crippen LogP contribution is 2.36. The number of nitrogens with zero attached hydrogens (tertiary/aromatic N) is 2. The highest BCUT2D eigenvalue weighted by atomic mass is 32.2. The molecule has 3 aromatic rings. The van der Waals surface area contributed by atoms with Crippen molar-refractivity contribution in [1.29, 1.82) is 0 Å². The number of rotatable bonds is 11. The molecule has 0 radical (unpaired) electrons. The van der Waals surface area contributed by atoms with E-state index in [0.29, 0.717) is 19.0 Å². The lowest BCUT2D eigenvalue weighted by Crippen LogP contribution is -2.53. The maximum Gasteiger partial charge on any atom is 0.243 e. The Morgan fingerprint density at radius 2 is 1.76 bits per heavy atom. The molecule has 2 heterocycles. The number of piperidine rings is 1. The quantitative estimate of drug-likeness (QED) is 0.332. The maximum atomic E-state index is 13.6. The van der Waals surface area contributed by atoms with Crippen LogP contribution in [0.1, 0.15) is 29.0 Å². The molecule has 0 amide bonds. The van der Waals surface area contributed by atoms with Crippen molar-refractivity contribution in [2.24, 2.45) is 0 Å². The van der Waals surface area contributed by atoms with Gasteiger partial charge in [0.1, 0.15) is 18.1 Å². The first kappa shape index (κ1) is 30.3. The molecule has 0 unspecified atom stereocenters. The Morgan fingerprint density at radius 3 is 2.48 bits per heavy atom. The van der Waals surface area contributed by atoms with Crippen molar-refractivity contribution in [3.8, 4) is 11.5 Å². The van der Waals surface area contributed by atoms with Gasteiger partial charge in [-0.05, 0) is 60.9 Å². The van der Waals surface area contributed by atoms with Gasteiger partial charge in [-0.3, -0.25) is 0 Å². The maximum absolute atomic E-state index is 13.6. The Morgan fingerprint density at radius 1 is 1.00 bits per heavy atom. The predicted octanol–water partition coefficient (Wildman–Crippen LogP) is 3.97. The molecule has 10 heteroatoms. The minimum Gasteiger partial charge on any atom is -0.497 e. The average molecular weight is 597 g/mol. The fourth-order valence-electron chi connectivity index (χ4n) is 5.68. The van der Waals surface area contributed by atoms with E-state index < -0.39 is 28.1 Å². The topological polar surface area (TPSA) is 97.8 Å². The van der Waals surface area contributed by atoms with Crippen LogP contribution in [-0.2, 0) is 26.1 Å². The summed E-state index contributed by atoms with van der Waals surface area (Å²) < 4.78 is 51.5. The summed E-state index contributed by atoms with van der Waals surface area (Å²) in [5.41, 5.74) is 3.79. The standard InChI is InChI=1S/C32H40N2O7S/c1-23-5-12-27(13-6-23)42(36,37)34-20-29(35)32(25-8-10-26(39-3)11-9-25)31(21-34)41-22-24-7-14-30-28(19-24)33(16-18-40-30)15-4-17-38-2/h5-14,19,29,31-32,35H,4,15-18,20-22H2,1-3H3/t29-,31+,32+/m1/s1. The van der Waals surface area contributed by atoms with Crippen molar-refractivity contribution in [3.63, 3.8) is 0 Å². The summed E-state index contributed by atoms with van der Waals surface area (Å²) in [6.07, 6.45) is -0.649. The van der Waals surface area contributed by atoms with Crippen molar-refractivity contribution in [2.45, 2.75) is 43.0 Å². The molecule has 226 valence electrons. The summed E-state index contributed by atoms with van der Waals surface area (Å²) in [6, 6.07) is 20.3. The minimum absolute atomic E-state index is 0.0284. The Labute approximate surface area is 248 Å². The van der Waals surface area contributed by atoms with Crippen molar-refractivity contribution < 1.29 is 32.5 Å². The SMILES string of the molecule is COCCCN1CCOc2ccc(CO[C@H]3CN(S(=O)(=O)c4ccc(C)cc4)C[C@@H](O)[C@@H]3c3ccc(OC)cc3)cc21. The van der Waals surface area contributed by atoms with Gasteiger partial charge >= 0.3 is 0 Å². The number of aliphatic hydroxyl groups is 1. The smallest absolute Gasteiger partial charge is 0.243 e. The molecule has 0 aromatic heterocycles.